The average Bonchev–Trinajstić information content (AvgIpc) is 2.86. The predicted octanol–water partition coefficient (Wildman–Crippen LogP) is 7.25. The van der Waals surface area contributed by atoms with Crippen molar-refractivity contribution < 1.29 is 4.39 Å². The molecule has 35 heavy (non-hydrogen) atoms. The Kier molecular flexibility index (Phi) is 8.66. The fourth-order valence-electron chi connectivity index (χ4n) is 4.12. The average molecular weight is 490 g/mol. The summed E-state index contributed by atoms with van der Waals surface area (Å²) in [7, 11) is 2.13. The number of rotatable bonds is 9. The number of pyridine rings is 1. The minimum atomic E-state index is -0.292. The van der Waals surface area contributed by atoms with E-state index in [1.54, 1.807) is 17.8 Å². The van der Waals surface area contributed by atoms with Crippen LogP contribution in [0.5, 0.6) is 0 Å². The van der Waals surface area contributed by atoms with E-state index in [0.29, 0.717) is 11.5 Å². The van der Waals surface area contributed by atoms with Gasteiger partial charge in [0.05, 0.1) is 5.69 Å². The van der Waals surface area contributed by atoms with Crippen LogP contribution in [0.15, 0.2) is 66.9 Å². The van der Waals surface area contributed by atoms with Gasteiger partial charge in [-0.05, 0) is 62.5 Å². The molecule has 0 bridgehead atoms. The zero-order valence-corrected chi connectivity index (χ0v) is 21.2. The van der Waals surface area contributed by atoms with Crippen LogP contribution in [0.3, 0.4) is 0 Å². The first kappa shape index (κ1) is 25.1. The maximum absolute atomic E-state index is 13.8. The van der Waals surface area contributed by atoms with Crippen molar-refractivity contribution in [3.8, 4) is 11.3 Å². The van der Waals surface area contributed by atoms with E-state index >= 15 is 0 Å². The van der Waals surface area contributed by atoms with Crippen LogP contribution in [-0.4, -0.2) is 40.0 Å². The van der Waals surface area contributed by atoms with Gasteiger partial charge in [-0.25, -0.2) is 14.4 Å². The van der Waals surface area contributed by atoms with E-state index in [2.05, 4.69) is 53.3 Å². The van der Waals surface area contributed by atoms with Gasteiger partial charge < -0.3 is 10.2 Å². The Morgan fingerprint density at radius 2 is 2.14 bits per heavy atom. The number of thioether (sulfide) groups is 1. The molecular weight excluding hydrogens is 457 g/mol. The number of likely N-dealkylation sites (N-methyl/N-ethyl adjacent to an activating group) is 1. The first-order valence-corrected chi connectivity index (χ1v) is 13.0. The summed E-state index contributed by atoms with van der Waals surface area (Å²) in [6, 6.07) is 10.4. The highest BCUT2D eigenvalue weighted by Gasteiger charge is 2.23. The number of nitrogens with one attached hydrogen (secondary N) is 1. The molecular formula is C28H32FN5S. The summed E-state index contributed by atoms with van der Waals surface area (Å²) < 4.78 is 13.8. The molecule has 1 N–H and O–H groups in total. The predicted molar refractivity (Wildman–Crippen MR) is 145 cm³/mol. The SMILES string of the molecule is C=C(S/C=C\CCC)c1cncc(-c2cc(Nc3cccc(F)c3)nc(C3CCCN(C)C3)n2)c1. The van der Waals surface area contributed by atoms with Crippen LogP contribution < -0.4 is 5.32 Å². The Morgan fingerprint density at radius 1 is 1.26 bits per heavy atom. The Labute approximate surface area is 211 Å². The minimum Gasteiger partial charge on any atom is -0.340 e. The Morgan fingerprint density at radius 3 is 2.94 bits per heavy atom. The molecule has 5 nitrogen and oxygen atoms in total. The smallest absolute Gasteiger partial charge is 0.135 e. The lowest BCUT2D eigenvalue weighted by Crippen LogP contribution is -2.31. The lowest BCUT2D eigenvalue weighted by Gasteiger charge is -2.29. The van der Waals surface area contributed by atoms with Crippen LogP contribution >= 0.6 is 11.8 Å². The molecule has 1 aliphatic heterocycles. The third-order valence-electron chi connectivity index (χ3n) is 5.95. The molecule has 7 heteroatoms. The van der Waals surface area contributed by atoms with Gasteiger partial charge in [0.1, 0.15) is 17.5 Å². The lowest BCUT2D eigenvalue weighted by molar-refractivity contribution is 0.246. The number of aromatic nitrogens is 3. The topological polar surface area (TPSA) is 53.9 Å². The van der Waals surface area contributed by atoms with Crippen molar-refractivity contribution in [3.05, 3.63) is 84.1 Å². The number of unbranched alkanes of at least 4 members (excludes halogenated alkanes) is 1. The van der Waals surface area contributed by atoms with Crippen molar-refractivity contribution in [2.45, 2.75) is 38.5 Å². The van der Waals surface area contributed by atoms with Crippen molar-refractivity contribution in [3.63, 3.8) is 0 Å². The summed E-state index contributed by atoms with van der Waals surface area (Å²) >= 11 is 1.60. The summed E-state index contributed by atoms with van der Waals surface area (Å²) in [5, 5.41) is 5.35. The van der Waals surface area contributed by atoms with E-state index in [4.69, 9.17) is 9.97 Å². The number of hydrogen-bond acceptors (Lipinski definition) is 6. The summed E-state index contributed by atoms with van der Waals surface area (Å²) in [5.41, 5.74) is 3.30. The fourth-order valence-corrected chi connectivity index (χ4v) is 4.76. The van der Waals surface area contributed by atoms with Crippen LogP contribution in [0.25, 0.3) is 16.2 Å². The Bertz CT molecular complexity index is 1200. The van der Waals surface area contributed by atoms with Gasteiger partial charge in [-0.15, -0.1) is 0 Å². The second-order valence-corrected chi connectivity index (χ2v) is 9.90. The van der Waals surface area contributed by atoms with Gasteiger partial charge in [-0.3, -0.25) is 4.98 Å². The largest absolute Gasteiger partial charge is 0.340 e. The number of benzene rings is 1. The second kappa shape index (κ2) is 12.1. The standard InChI is InChI=1S/C28H32FN5S/c1-4-5-6-13-35-20(2)22-14-23(18-30-17-22)26-16-27(31-25-11-7-10-24(29)15-25)33-28(32-26)21-9-8-12-34(3)19-21/h6-7,10-11,13-18,21H,2,4-5,8-9,12,19H2,1,3H3,(H,31,32,33)/b13-6-. The van der Waals surface area contributed by atoms with Gasteiger partial charge in [0.15, 0.2) is 0 Å². The quantitative estimate of drug-likeness (QED) is 0.342. The molecule has 0 amide bonds. The fraction of sp³-hybridized carbons (Fsp3) is 0.321. The van der Waals surface area contributed by atoms with Gasteiger partial charge >= 0.3 is 0 Å². The zero-order chi connectivity index (χ0) is 24.6. The van der Waals surface area contributed by atoms with Crippen molar-refractivity contribution >= 4 is 28.2 Å². The van der Waals surface area contributed by atoms with E-state index in [1.165, 1.54) is 12.1 Å². The first-order chi connectivity index (χ1) is 17.0. The number of anilines is 2. The number of likely N-dealkylation sites (tertiary alicyclic amines) is 1. The highest BCUT2D eigenvalue weighted by Crippen LogP contribution is 2.32. The maximum Gasteiger partial charge on any atom is 0.135 e. The highest BCUT2D eigenvalue weighted by molar-refractivity contribution is 8.10. The molecule has 1 fully saturated rings. The van der Waals surface area contributed by atoms with Crippen LogP contribution in [0.1, 0.15) is 49.9 Å². The molecule has 182 valence electrons. The lowest BCUT2D eigenvalue weighted by atomic mass is 9.97. The number of halogens is 1. The highest BCUT2D eigenvalue weighted by atomic mass is 32.2. The van der Waals surface area contributed by atoms with Crippen molar-refractivity contribution in [2.24, 2.45) is 0 Å². The van der Waals surface area contributed by atoms with Crippen molar-refractivity contribution in [1.29, 1.82) is 0 Å². The van der Waals surface area contributed by atoms with Crippen LogP contribution in [-0.2, 0) is 0 Å². The van der Waals surface area contributed by atoms with E-state index in [-0.39, 0.29) is 11.7 Å². The summed E-state index contributed by atoms with van der Waals surface area (Å²) in [4.78, 5) is 17.5. The molecule has 4 rings (SSSR count). The Hall–Kier alpha value is -3.03. The summed E-state index contributed by atoms with van der Waals surface area (Å²) in [5.74, 6) is 1.39. The van der Waals surface area contributed by atoms with Gasteiger partial charge in [0, 0.05) is 52.6 Å². The second-order valence-electron chi connectivity index (χ2n) is 8.90. The summed E-state index contributed by atoms with van der Waals surface area (Å²) in [6.07, 6.45) is 10.1. The molecule has 1 aliphatic rings. The maximum atomic E-state index is 13.8. The molecule has 1 aromatic carbocycles. The molecule has 0 aliphatic carbocycles. The number of piperidine rings is 1. The zero-order valence-electron chi connectivity index (χ0n) is 20.4. The third-order valence-corrected chi connectivity index (χ3v) is 6.80. The van der Waals surface area contributed by atoms with E-state index in [9.17, 15) is 4.39 Å². The summed E-state index contributed by atoms with van der Waals surface area (Å²) in [6.45, 7) is 8.39. The van der Waals surface area contributed by atoms with E-state index in [0.717, 1.165) is 66.3 Å². The molecule has 1 saturated heterocycles. The van der Waals surface area contributed by atoms with Crippen LogP contribution in [0.2, 0.25) is 0 Å². The molecule has 1 atom stereocenters. The molecule has 3 heterocycles. The van der Waals surface area contributed by atoms with Gasteiger partial charge in [-0.2, -0.15) is 0 Å². The number of nitrogens with zero attached hydrogens (tertiary/aromatic N) is 4. The molecule has 0 saturated carbocycles. The molecule has 0 radical (unpaired) electrons. The van der Waals surface area contributed by atoms with Crippen LogP contribution in [0.4, 0.5) is 15.9 Å². The first-order valence-electron chi connectivity index (χ1n) is 12.1. The van der Waals surface area contributed by atoms with Crippen molar-refractivity contribution in [1.82, 2.24) is 19.9 Å². The molecule has 2 aromatic heterocycles. The van der Waals surface area contributed by atoms with Crippen molar-refractivity contribution in [2.75, 3.05) is 25.5 Å². The monoisotopic (exact) mass is 489 g/mol. The van der Waals surface area contributed by atoms with Gasteiger partial charge in [0.2, 0.25) is 0 Å². The Balaban J connectivity index is 1.66. The third kappa shape index (κ3) is 6.99. The minimum absolute atomic E-state index is 0.243. The molecule has 1 unspecified atom stereocenters. The molecule has 3 aromatic rings. The molecule has 0 spiro atoms. The van der Waals surface area contributed by atoms with Gasteiger partial charge in [0.25, 0.3) is 0 Å². The normalized spacial score (nSPS) is 16.5. The van der Waals surface area contributed by atoms with E-state index < -0.39 is 0 Å². The van der Waals surface area contributed by atoms with Gasteiger partial charge in [-0.1, -0.05) is 43.8 Å². The van der Waals surface area contributed by atoms with Crippen LogP contribution in [0, 0.1) is 5.82 Å². The number of hydrogen-bond donors (Lipinski definition) is 1. The van der Waals surface area contributed by atoms with E-state index in [1.807, 2.05) is 24.5 Å². The number of allylic oxidation sites excluding steroid dienone is 1.